The van der Waals surface area contributed by atoms with E-state index in [1.807, 2.05) is 33.9 Å². The molecule has 1 aromatic carbocycles. The van der Waals surface area contributed by atoms with Gasteiger partial charge in [-0.25, -0.2) is 4.39 Å². The second-order valence-corrected chi connectivity index (χ2v) is 5.37. The standard InChI is InChI=1S/C17H22FNO/c1-10-8-15(18)7-6-14(10)9-16(19-5)17-11(2)12(3)20-13(17)4/h6-8,16,19H,9H2,1-5H3. The van der Waals surface area contributed by atoms with Crippen molar-refractivity contribution in [1.29, 1.82) is 0 Å². The van der Waals surface area contributed by atoms with E-state index in [-0.39, 0.29) is 11.9 Å². The van der Waals surface area contributed by atoms with Crippen LogP contribution < -0.4 is 5.32 Å². The van der Waals surface area contributed by atoms with Gasteiger partial charge in [0, 0.05) is 11.6 Å². The van der Waals surface area contributed by atoms with Crippen LogP contribution in [0.25, 0.3) is 0 Å². The fourth-order valence-electron chi connectivity index (χ4n) is 2.78. The topological polar surface area (TPSA) is 25.2 Å². The SMILES string of the molecule is CNC(Cc1ccc(F)cc1C)c1c(C)oc(C)c1C. The van der Waals surface area contributed by atoms with Crippen molar-refractivity contribution in [2.75, 3.05) is 7.05 Å². The molecule has 0 saturated carbocycles. The summed E-state index contributed by atoms with van der Waals surface area (Å²) < 4.78 is 18.9. The van der Waals surface area contributed by atoms with Gasteiger partial charge < -0.3 is 9.73 Å². The first-order valence-electron chi connectivity index (χ1n) is 6.92. The van der Waals surface area contributed by atoms with Crippen molar-refractivity contribution in [2.45, 2.75) is 40.2 Å². The highest BCUT2D eigenvalue weighted by Crippen LogP contribution is 2.29. The number of aryl methyl sites for hydroxylation is 3. The molecule has 1 atom stereocenters. The maximum atomic E-state index is 13.2. The van der Waals surface area contributed by atoms with Crippen molar-refractivity contribution in [3.05, 3.63) is 57.8 Å². The second kappa shape index (κ2) is 5.80. The Morgan fingerprint density at radius 1 is 1.15 bits per heavy atom. The van der Waals surface area contributed by atoms with Gasteiger partial charge in [0.05, 0.1) is 0 Å². The van der Waals surface area contributed by atoms with Gasteiger partial charge in [-0.2, -0.15) is 0 Å². The minimum atomic E-state index is -0.182. The normalized spacial score (nSPS) is 12.7. The molecule has 1 aromatic heterocycles. The van der Waals surface area contributed by atoms with Crippen LogP contribution in [0.5, 0.6) is 0 Å². The molecule has 0 amide bonds. The molecule has 0 spiro atoms. The summed E-state index contributed by atoms with van der Waals surface area (Å²) in [4.78, 5) is 0. The number of hydrogen-bond donors (Lipinski definition) is 1. The molecule has 1 unspecified atom stereocenters. The van der Waals surface area contributed by atoms with Crippen LogP contribution in [0.3, 0.4) is 0 Å². The lowest BCUT2D eigenvalue weighted by Crippen LogP contribution is -2.20. The number of benzene rings is 1. The molecule has 3 heteroatoms. The Hall–Kier alpha value is -1.61. The van der Waals surface area contributed by atoms with Crippen molar-refractivity contribution in [2.24, 2.45) is 0 Å². The second-order valence-electron chi connectivity index (χ2n) is 5.37. The molecule has 1 heterocycles. The van der Waals surface area contributed by atoms with Gasteiger partial charge in [0.15, 0.2) is 0 Å². The highest BCUT2D eigenvalue weighted by atomic mass is 19.1. The molecular formula is C17H22FNO. The Labute approximate surface area is 120 Å². The summed E-state index contributed by atoms with van der Waals surface area (Å²) in [5, 5.41) is 3.35. The molecule has 0 saturated heterocycles. The number of hydrogen-bond acceptors (Lipinski definition) is 2. The third kappa shape index (κ3) is 2.78. The summed E-state index contributed by atoms with van der Waals surface area (Å²) in [7, 11) is 1.95. The van der Waals surface area contributed by atoms with Crippen LogP contribution in [-0.4, -0.2) is 7.05 Å². The molecule has 0 fully saturated rings. The van der Waals surface area contributed by atoms with Crippen molar-refractivity contribution in [1.82, 2.24) is 5.32 Å². The predicted octanol–water partition coefficient (Wildman–Crippen LogP) is 4.16. The molecule has 2 rings (SSSR count). The third-order valence-electron chi connectivity index (χ3n) is 4.04. The van der Waals surface area contributed by atoms with Crippen molar-refractivity contribution in [3.8, 4) is 0 Å². The maximum Gasteiger partial charge on any atom is 0.123 e. The zero-order chi connectivity index (χ0) is 14.9. The van der Waals surface area contributed by atoms with Crippen molar-refractivity contribution >= 4 is 0 Å². The Morgan fingerprint density at radius 3 is 2.35 bits per heavy atom. The van der Waals surface area contributed by atoms with Crippen LogP contribution >= 0.6 is 0 Å². The Kier molecular flexibility index (Phi) is 4.29. The number of nitrogens with one attached hydrogen (secondary N) is 1. The van der Waals surface area contributed by atoms with Crippen LogP contribution in [0.1, 0.15) is 39.8 Å². The van der Waals surface area contributed by atoms with E-state index in [0.29, 0.717) is 0 Å². The van der Waals surface area contributed by atoms with Gasteiger partial charge in [0.2, 0.25) is 0 Å². The fraction of sp³-hybridized carbons (Fsp3) is 0.412. The van der Waals surface area contributed by atoms with Crippen LogP contribution in [0.2, 0.25) is 0 Å². The first kappa shape index (κ1) is 14.8. The van der Waals surface area contributed by atoms with E-state index >= 15 is 0 Å². The number of likely N-dealkylation sites (N-methyl/N-ethyl adjacent to an activating group) is 1. The summed E-state index contributed by atoms with van der Waals surface area (Å²) in [6.07, 6.45) is 0.823. The zero-order valence-corrected chi connectivity index (χ0v) is 12.8. The van der Waals surface area contributed by atoms with Crippen LogP contribution in [0, 0.1) is 33.5 Å². The van der Waals surface area contributed by atoms with Crippen LogP contribution in [0.4, 0.5) is 4.39 Å². The van der Waals surface area contributed by atoms with Gasteiger partial charge in [-0.3, -0.25) is 0 Å². The molecule has 2 nitrogen and oxygen atoms in total. The van der Waals surface area contributed by atoms with Gasteiger partial charge >= 0.3 is 0 Å². The number of halogens is 1. The minimum Gasteiger partial charge on any atom is -0.466 e. The highest BCUT2D eigenvalue weighted by Gasteiger charge is 2.20. The molecule has 20 heavy (non-hydrogen) atoms. The average molecular weight is 275 g/mol. The molecule has 0 bridgehead atoms. The summed E-state index contributed by atoms with van der Waals surface area (Å²) in [6.45, 7) is 8.02. The third-order valence-corrected chi connectivity index (χ3v) is 4.04. The Bertz CT molecular complexity index is 616. The van der Waals surface area contributed by atoms with Crippen molar-refractivity contribution in [3.63, 3.8) is 0 Å². The van der Waals surface area contributed by atoms with Crippen LogP contribution in [-0.2, 0) is 6.42 Å². The summed E-state index contributed by atoms with van der Waals surface area (Å²) in [6, 6.07) is 5.15. The highest BCUT2D eigenvalue weighted by molar-refractivity contribution is 5.36. The molecule has 2 aromatic rings. The molecule has 108 valence electrons. The quantitative estimate of drug-likeness (QED) is 0.906. The maximum absolute atomic E-state index is 13.2. The smallest absolute Gasteiger partial charge is 0.123 e. The van der Waals surface area contributed by atoms with E-state index in [2.05, 4.69) is 12.2 Å². The Morgan fingerprint density at radius 2 is 1.85 bits per heavy atom. The summed E-state index contributed by atoms with van der Waals surface area (Å²) in [5.41, 5.74) is 4.56. The predicted molar refractivity (Wildman–Crippen MR) is 79.6 cm³/mol. The Balaban J connectivity index is 2.33. The van der Waals surface area contributed by atoms with Crippen LogP contribution in [0.15, 0.2) is 22.6 Å². The lowest BCUT2D eigenvalue weighted by atomic mass is 9.94. The zero-order valence-electron chi connectivity index (χ0n) is 12.8. The monoisotopic (exact) mass is 275 g/mol. The molecule has 0 aliphatic carbocycles. The average Bonchev–Trinajstić information content (AvgIpc) is 2.63. The molecule has 0 radical (unpaired) electrons. The van der Waals surface area contributed by atoms with Gasteiger partial charge in [-0.05, 0) is 70.0 Å². The summed E-state index contributed by atoms with van der Waals surface area (Å²) in [5.74, 6) is 1.74. The van der Waals surface area contributed by atoms with E-state index in [0.717, 1.165) is 29.1 Å². The first-order chi connectivity index (χ1) is 9.43. The largest absolute Gasteiger partial charge is 0.466 e. The number of rotatable bonds is 4. The van der Waals surface area contributed by atoms with E-state index in [1.54, 1.807) is 6.07 Å². The van der Waals surface area contributed by atoms with E-state index in [4.69, 9.17) is 4.42 Å². The molecule has 1 N–H and O–H groups in total. The lowest BCUT2D eigenvalue weighted by molar-refractivity contribution is 0.489. The summed E-state index contributed by atoms with van der Waals surface area (Å²) >= 11 is 0. The first-order valence-corrected chi connectivity index (χ1v) is 6.92. The van der Waals surface area contributed by atoms with E-state index < -0.39 is 0 Å². The number of furan rings is 1. The fourth-order valence-corrected chi connectivity index (χ4v) is 2.78. The van der Waals surface area contributed by atoms with E-state index in [1.165, 1.54) is 17.2 Å². The minimum absolute atomic E-state index is 0.177. The molecule has 0 aliphatic heterocycles. The molecular weight excluding hydrogens is 253 g/mol. The van der Waals surface area contributed by atoms with Crippen molar-refractivity contribution < 1.29 is 8.81 Å². The lowest BCUT2D eigenvalue weighted by Gasteiger charge is -2.18. The van der Waals surface area contributed by atoms with Gasteiger partial charge in [0.1, 0.15) is 17.3 Å². The van der Waals surface area contributed by atoms with Gasteiger partial charge in [-0.1, -0.05) is 6.07 Å². The van der Waals surface area contributed by atoms with Gasteiger partial charge in [-0.15, -0.1) is 0 Å². The molecule has 0 aliphatic rings. The van der Waals surface area contributed by atoms with Gasteiger partial charge in [0.25, 0.3) is 0 Å². The van der Waals surface area contributed by atoms with E-state index in [9.17, 15) is 4.39 Å².